The van der Waals surface area contributed by atoms with Crippen molar-refractivity contribution in [3.05, 3.63) is 94.0 Å². The molecule has 1 aliphatic heterocycles. The van der Waals surface area contributed by atoms with Gasteiger partial charge in [-0.25, -0.2) is 0 Å². The zero-order chi connectivity index (χ0) is 23.4. The lowest BCUT2D eigenvalue weighted by Crippen LogP contribution is -2.10. The largest absolute Gasteiger partial charge is 0.481 e. The summed E-state index contributed by atoms with van der Waals surface area (Å²) in [6, 6.07) is 20.9. The van der Waals surface area contributed by atoms with Crippen LogP contribution < -0.4 is 16.0 Å². The summed E-state index contributed by atoms with van der Waals surface area (Å²) in [4.78, 5) is 24.1. The van der Waals surface area contributed by atoms with Crippen molar-refractivity contribution in [1.29, 1.82) is 0 Å². The van der Waals surface area contributed by atoms with Crippen LogP contribution in [0.3, 0.4) is 0 Å². The second-order valence-electron chi connectivity index (χ2n) is 7.84. The van der Waals surface area contributed by atoms with Crippen LogP contribution in [0.4, 0.5) is 11.4 Å². The monoisotopic (exact) mass is 461 g/mol. The van der Waals surface area contributed by atoms with Crippen LogP contribution in [0, 0.1) is 0 Å². The van der Waals surface area contributed by atoms with Crippen LogP contribution in [0.2, 0.25) is 5.02 Å². The standard InChI is InChI=1S/C26H24ClN3O3/c1-28-15-17-5-9-20(10-6-17)29-25(18-4-2-3-16(13-18)7-12-23(31)32)24-21-11-8-19(27)14-22(21)30-26(24)33/h2-6,8-11,13-14,28-29H,7,12,15H2,1H3,(H,30,33)(H,31,32)/b25-24-. The molecule has 0 fully saturated rings. The van der Waals surface area contributed by atoms with E-state index in [0.717, 1.165) is 34.5 Å². The Morgan fingerprint density at radius 1 is 1.03 bits per heavy atom. The van der Waals surface area contributed by atoms with E-state index in [2.05, 4.69) is 16.0 Å². The number of aliphatic carboxylic acids is 1. The Morgan fingerprint density at radius 3 is 2.55 bits per heavy atom. The lowest BCUT2D eigenvalue weighted by atomic mass is 9.97. The van der Waals surface area contributed by atoms with Gasteiger partial charge in [0.15, 0.2) is 0 Å². The van der Waals surface area contributed by atoms with Crippen molar-refractivity contribution in [3.8, 4) is 0 Å². The summed E-state index contributed by atoms with van der Waals surface area (Å²) >= 11 is 6.13. The van der Waals surface area contributed by atoms with Gasteiger partial charge in [0.25, 0.3) is 5.91 Å². The zero-order valence-corrected chi connectivity index (χ0v) is 18.9. The van der Waals surface area contributed by atoms with Crippen LogP contribution in [0.5, 0.6) is 0 Å². The number of anilines is 2. The number of amides is 1. The van der Waals surface area contributed by atoms with Crippen molar-refractivity contribution in [2.45, 2.75) is 19.4 Å². The van der Waals surface area contributed by atoms with Gasteiger partial charge in [-0.1, -0.05) is 48.0 Å². The average molecular weight is 462 g/mol. The van der Waals surface area contributed by atoms with Crippen molar-refractivity contribution in [3.63, 3.8) is 0 Å². The Morgan fingerprint density at radius 2 is 1.82 bits per heavy atom. The number of halogens is 1. The molecule has 3 aromatic rings. The topological polar surface area (TPSA) is 90.5 Å². The van der Waals surface area contributed by atoms with E-state index < -0.39 is 5.97 Å². The molecule has 6 nitrogen and oxygen atoms in total. The second kappa shape index (κ2) is 9.90. The van der Waals surface area contributed by atoms with E-state index >= 15 is 0 Å². The quantitative estimate of drug-likeness (QED) is 0.354. The number of nitrogens with one attached hydrogen (secondary N) is 3. The summed E-state index contributed by atoms with van der Waals surface area (Å²) < 4.78 is 0. The molecule has 4 N–H and O–H groups in total. The molecule has 1 amide bonds. The van der Waals surface area contributed by atoms with Gasteiger partial charge in [0.2, 0.25) is 0 Å². The minimum Gasteiger partial charge on any atom is -0.481 e. The molecule has 0 saturated carbocycles. The number of hydrogen-bond donors (Lipinski definition) is 4. The molecule has 4 rings (SSSR count). The first-order chi connectivity index (χ1) is 15.9. The third-order valence-corrected chi connectivity index (χ3v) is 5.66. The van der Waals surface area contributed by atoms with E-state index in [1.165, 1.54) is 0 Å². The molecule has 1 aliphatic rings. The molecule has 0 atom stereocenters. The molecule has 168 valence electrons. The van der Waals surface area contributed by atoms with Gasteiger partial charge in [0.1, 0.15) is 0 Å². The highest BCUT2D eigenvalue weighted by Gasteiger charge is 2.28. The van der Waals surface area contributed by atoms with Gasteiger partial charge >= 0.3 is 5.97 Å². The summed E-state index contributed by atoms with van der Waals surface area (Å²) in [5.74, 6) is -1.07. The summed E-state index contributed by atoms with van der Waals surface area (Å²) in [6.07, 6.45) is 0.445. The Hall–Kier alpha value is -3.61. The maximum Gasteiger partial charge on any atom is 0.303 e. The molecule has 3 aromatic carbocycles. The predicted octanol–water partition coefficient (Wildman–Crippen LogP) is 5.01. The number of carboxylic acid groups (broad SMARTS) is 1. The molecule has 33 heavy (non-hydrogen) atoms. The van der Waals surface area contributed by atoms with Gasteiger partial charge in [-0.2, -0.15) is 0 Å². The third kappa shape index (κ3) is 5.25. The van der Waals surface area contributed by atoms with Crippen LogP contribution in [0.15, 0.2) is 66.7 Å². The maximum absolute atomic E-state index is 13.0. The van der Waals surface area contributed by atoms with Gasteiger partial charge in [-0.3, -0.25) is 9.59 Å². The van der Waals surface area contributed by atoms with Crippen LogP contribution >= 0.6 is 11.6 Å². The minimum absolute atomic E-state index is 0.0392. The number of carbonyl (C=O) groups excluding carboxylic acids is 1. The van der Waals surface area contributed by atoms with Crippen molar-refractivity contribution >= 4 is 46.1 Å². The predicted molar refractivity (Wildman–Crippen MR) is 132 cm³/mol. The number of fused-ring (bicyclic) bond motifs is 1. The fourth-order valence-electron chi connectivity index (χ4n) is 3.86. The first-order valence-electron chi connectivity index (χ1n) is 10.6. The first kappa shape index (κ1) is 22.6. The van der Waals surface area contributed by atoms with Gasteiger partial charge in [0.05, 0.1) is 17.0 Å². The van der Waals surface area contributed by atoms with Crippen LogP contribution in [-0.2, 0) is 22.6 Å². The van der Waals surface area contributed by atoms with Crippen LogP contribution in [-0.4, -0.2) is 24.0 Å². The Kier molecular flexibility index (Phi) is 6.77. The van der Waals surface area contributed by atoms with Gasteiger partial charge in [-0.15, -0.1) is 0 Å². The molecule has 0 aliphatic carbocycles. The zero-order valence-electron chi connectivity index (χ0n) is 18.1. The summed E-state index contributed by atoms with van der Waals surface area (Å²) in [7, 11) is 1.90. The summed E-state index contributed by atoms with van der Waals surface area (Å²) in [6.45, 7) is 0.760. The van der Waals surface area contributed by atoms with E-state index in [1.54, 1.807) is 12.1 Å². The van der Waals surface area contributed by atoms with Crippen molar-refractivity contribution in [2.24, 2.45) is 0 Å². The molecule has 0 saturated heterocycles. The Balaban J connectivity index is 1.80. The van der Waals surface area contributed by atoms with Crippen molar-refractivity contribution in [1.82, 2.24) is 5.32 Å². The summed E-state index contributed by atoms with van der Waals surface area (Å²) in [5, 5.41) is 19.1. The van der Waals surface area contributed by atoms with Crippen LogP contribution in [0.1, 0.15) is 28.7 Å². The fourth-order valence-corrected chi connectivity index (χ4v) is 4.03. The number of aryl methyl sites for hydroxylation is 1. The Labute approximate surface area is 197 Å². The number of benzene rings is 3. The van der Waals surface area contributed by atoms with Crippen molar-refractivity contribution in [2.75, 3.05) is 17.7 Å². The minimum atomic E-state index is -0.847. The molecular formula is C26H24ClN3O3. The van der Waals surface area contributed by atoms with Gasteiger partial charge in [-0.05, 0) is 60.5 Å². The number of hydrogen-bond acceptors (Lipinski definition) is 4. The Bertz CT molecular complexity index is 1240. The van der Waals surface area contributed by atoms with E-state index in [0.29, 0.717) is 28.4 Å². The number of rotatable bonds is 8. The molecule has 0 radical (unpaired) electrons. The normalized spacial score (nSPS) is 13.9. The fraction of sp³-hybridized carbons (Fsp3) is 0.154. The smallest absolute Gasteiger partial charge is 0.303 e. The highest BCUT2D eigenvalue weighted by atomic mass is 35.5. The number of carbonyl (C=O) groups is 2. The highest BCUT2D eigenvalue weighted by molar-refractivity contribution is 6.38. The van der Waals surface area contributed by atoms with Gasteiger partial charge < -0.3 is 21.1 Å². The van der Waals surface area contributed by atoms with E-state index in [4.69, 9.17) is 16.7 Å². The van der Waals surface area contributed by atoms with Gasteiger partial charge in [0, 0.05) is 29.2 Å². The van der Waals surface area contributed by atoms with Crippen molar-refractivity contribution < 1.29 is 14.7 Å². The average Bonchev–Trinajstić information content (AvgIpc) is 3.12. The van der Waals surface area contributed by atoms with Crippen LogP contribution in [0.25, 0.3) is 11.3 Å². The third-order valence-electron chi connectivity index (χ3n) is 5.42. The SMILES string of the molecule is CNCc1ccc(N/C(=C2\C(=O)Nc3cc(Cl)ccc32)c2cccc(CCC(=O)O)c2)cc1. The molecule has 1 heterocycles. The maximum atomic E-state index is 13.0. The molecule has 7 heteroatoms. The molecule has 0 bridgehead atoms. The molecule has 0 aromatic heterocycles. The lowest BCUT2D eigenvalue weighted by Gasteiger charge is -2.16. The van der Waals surface area contributed by atoms with E-state index in [-0.39, 0.29) is 12.3 Å². The number of carboxylic acids is 1. The lowest BCUT2D eigenvalue weighted by molar-refractivity contribution is -0.137. The van der Waals surface area contributed by atoms with E-state index in [1.807, 2.05) is 61.6 Å². The first-order valence-corrected chi connectivity index (χ1v) is 11.0. The molecule has 0 spiro atoms. The molecular weight excluding hydrogens is 438 g/mol. The molecule has 0 unspecified atom stereocenters. The summed E-state index contributed by atoms with van der Waals surface area (Å²) in [5.41, 5.74) is 6.24. The highest BCUT2D eigenvalue weighted by Crippen LogP contribution is 2.39. The van der Waals surface area contributed by atoms with E-state index in [9.17, 15) is 9.59 Å². The second-order valence-corrected chi connectivity index (χ2v) is 8.28.